The van der Waals surface area contributed by atoms with Crippen molar-refractivity contribution in [2.75, 3.05) is 12.4 Å². The molecule has 0 bridgehead atoms. The van der Waals surface area contributed by atoms with Crippen molar-refractivity contribution in [1.29, 1.82) is 0 Å². The Labute approximate surface area is 136 Å². The zero-order valence-electron chi connectivity index (χ0n) is 11.9. The number of aryl methyl sites for hydroxylation is 1. The van der Waals surface area contributed by atoms with Crippen LogP contribution in [-0.2, 0) is 9.53 Å². The third kappa shape index (κ3) is 4.16. The molecule has 114 valence electrons. The first-order chi connectivity index (χ1) is 10.5. The molecule has 0 atom stereocenters. The monoisotopic (exact) mass is 336 g/mol. The summed E-state index contributed by atoms with van der Waals surface area (Å²) in [4.78, 5) is 27.8. The zero-order chi connectivity index (χ0) is 16.1. The summed E-state index contributed by atoms with van der Waals surface area (Å²) in [5, 5.41) is 3.55. The molecular formula is C15H13ClN2O3S. The van der Waals surface area contributed by atoms with Crippen LogP contribution in [0.25, 0.3) is 6.08 Å². The summed E-state index contributed by atoms with van der Waals surface area (Å²) < 4.78 is 4.64. The average Bonchev–Trinajstić information content (AvgIpc) is 2.85. The molecule has 2 rings (SSSR count). The number of amides is 1. The van der Waals surface area contributed by atoms with Crippen LogP contribution in [0.2, 0.25) is 5.02 Å². The Hall–Kier alpha value is -2.18. The number of hydrogen-bond acceptors (Lipinski definition) is 5. The minimum Gasteiger partial charge on any atom is -0.465 e. The van der Waals surface area contributed by atoms with Gasteiger partial charge < -0.3 is 4.74 Å². The Kier molecular flexibility index (Phi) is 5.30. The maximum absolute atomic E-state index is 11.9. The molecule has 7 heteroatoms. The lowest BCUT2D eigenvalue weighted by atomic mass is 10.2. The molecule has 22 heavy (non-hydrogen) atoms. The summed E-state index contributed by atoms with van der Waals surface area (Å²) in [6.45, 7) is 1.68. The van der Waals surface area contributed by atoms with Gasteiger partial charge in [-0.3, -0.25) is 10.1 Å². The smallest absolute Gasteiger partial charge is 0.350 e. The molecule has 1 heterocycles. The van der Waals surface area contributed by atoms with Crippen molar-refractivity contribution in [3.63, 3.8) is 0 Å². The molecular weight excluding hydrogens is 324 g/mol. The standard InChI is InChI=1S/C15H13ClN2O3S/c1-9-13(14(20)21-2)22-15(17-9)18-12(19)7-6-10-4-3-5-11(16)8-10/h3-8H,1-2H3,(H,17,18,19)/b7-6+. The molecule has 5 nitrogen and oxygen atoms in total. The Morgan fingerprint density at radius 1 is 1.41 bits per heavy atom. The number of hydrogen-bond donors (Lipinski definition) is 1. The van der Waals surface area contributed by atoms with Crippen LogP contribution in [0, 0.1) is 6.92 Å². The van der Waals surface area contributed by atoms with Gasteiger partial charge in [0.1, 0.15) is 4.88 Å². The molecule has 0 spiro atoms. The summed E-state index contributed by atoms with van der Waals surface area (Å²) >= 11 is 6.94. The molecule has 0 radical (unpaired) electrons. The van der Waals surface area contributed by atoms with Crippen LogP contribution in [0.1, 0.15) is 20.9 Å². The van der Waals surface area contributed by atoms with Crippen molar-refractivity contribution >= 4 is 46.0 Å². The van der Waals surface area contributed by atoms with E-state index in [9.17, 15) is 9.59 Å². The molecule has 0 saturated carbocycles. The maximum Gasteiger partial charge on any atom is 0.350 e. The Balaban J connectivity index is 2.05. The lowest BCUT2D eigenvalue weighted by Gasteiger charge is -1.96. The van der Waals surface area contributed by atoms with Gasteiger partial charge in [0.15, 0.2) is 5.13 Å². The Morgan fingerprint density at radius 2 is 2.18 bits per heavy atom. The molecule has 0 aliphatic heterocycles. The van der Waals surface area contributed by atoms with Crippen molar-refractivity contribution in [2.45, 2.75) is 6.92 Å². The first-order valence-electron chi connectivity index (χ1n) is 6.30. The second kappa shape index (κ2) is 7.20. The number of aromatic nitrogens is 1. The number of ether oxygens (including phenoxy) is 1. The number of anilines is 1. The van der Waals surface area contributed by atoms with Crippen molar-refractivity contribution in [3.8, 4) is 0 Å². The molecule has 1 aromatic heterocycles. The van der Waals surface area contributed by atoms with Gasteiger partial charge in [0, 0.05) is 11.1 Å². The summed E-state index contributed by atoms with van der Waals surface area (Å²) in [6.07, 6.45) is 3.02. The van der Waals surface area contributed by atoms with E-state index in [0.717, 1.165) is 16.9 Å². The quantitative estimate of drug-likeness (QED) is 0.685. The van der Waals surface area contributed by atoms with Crippen molar-refractivity contribution in [3.05, 3.63) is 51.5 Å². The third-order valence-corrected chi connectivity index (χ3v) is 3.96. The molecule has 1 N–H and O–H groups in total. The number of methoxy groups -OCH3 is 1. The van der Waals surface area contributed by atoms with Gasteiger partial charge in [0.2, 0.25) is 5.91 Å². The Bertz CT molecular complexity index is 740. The van der Waals surface area contributed by atoms with Crippen LogP contribution in [0.15, 0.2) is 30.3 Å². The van der Waals surface area contributed by atoms with E-state index in [-0.39, 0.29) is 5.91 Å². The van der Waals surface area contributed by atoms with E-state index < -0.39 is 5.97 Å². The van der Waals surface area contributed by atoms with Crippen molar-refractivity contribution < 1.29 is 14.3 Å². The number of carbonyl (C=O) groups excluding carboxylic acids is 2. The zero-order valence-corrected chi connectivity index (χ0v) is 13.5. The van der Waals surface area contributed by atoms with Crippen molar-refractivity contribution in [2.24, 2.45) is 0 Å². The Morgan fingerprint density at radius 3 is 2.86 bits per heavy atom. The highest BCUT2D eigenvalue weighted by atomic mass is 35.5. The van der Waals surface area contributed by atoms with Gasteiger partial charge in [-0.05, 0) is 30.7 Å². The van der Waals surface area contributed by atoms with Crippen LogP contribution >= 0.6 is 22.9 Å². The first-order valence-corrected chi connectivity index (χ1v) is 7.49. The van der Waals surface area contributed by atoms with E-state index in [2.05, 4.69) is 15.0 Å². The number of carbonyl (C=O) groups is 2. The fourth-order valence-corrected chi connectivity index (χ4v) is 2.75. The van der Waals surface area contributed by atoms with Crippen molar-refractivity contribution in [1.82, 2.24) is 4.98 Å². The van der Waals surface area contributed by atoms with Gasteiger partial charge in [-0.25, -0.2) is 9.78 Å². The van der Waals surface area contributed by atoms with Crippen LogP contribution in [0.3, 0.4) is 0 Å². The minimum atomic E-state index is -0.468. The predicted molar refractivity (Wildman–Crippen MR) is 87.3 cm³/mol. The molecule has 0 aliphatic carbocycles. The predicted octanol–water partition coefficient (Wildman–Crippen LogP) is 3.54. The lowest BCUT2D eigenvalue weighted by molar-refractivity contribution is -0.111. The van der Waals surface area contributed by atoms with E-state index in [1.165, 1.54) is 13.2 Å². The SMILES string of the molecule is COC(=O)c1sc(NC(=O)/C=C/c2cccc(Cl)c2)nc1C. The van der Waals surface area contributed by atoms with E-state index in [4.69, 9.17) is 11.6 Å². The highest BCUT2D eigenvalue weighted by Crippen LogP contribution is 2.23. The van der Waals surface area contributed by atoms with E-state index in [1.54, 1.807) is 31.2 Å². The number of thiazole rings is 1. The molecule has 1 amide bonds. The highest BCUT2D eigenvalue weighted by molar-refractivity contribution is 7.17. The lowest BCUT2D eigenvalue weighted by Crippen LogP contribution is -2.07. The van der Waals surface area contributed by atoms with Gasteiger partial charge >= 0.3 is 5.97 Å². The van der Waals surface area contributed by atoms with Crippen LogP contribution in [0.5, 0.6) is 0 Å². The summed E-state index contributed by atoms with van der Waals surface area (Å²) in [5.74, 6) is -0.810. The van der Waals surface area contributed by atoms with Gasteiger partial charge in [0.05, 0.1) is 12.8 Å². The fourth-order valence-electron chi connectivity index (χ4n) is 1.66. The van der Waals surface area contributed by atoms with Gasteiger partial charge in [-0.15, -0.1) is 0 Å². The highest BCUT2D eigenvalue weighted by Gasteiger charge is 2.16. The number of benzene rings is 1. The summed E-state index contributed by atoms with van der Waals surface area (Å²) in [6, 6.07) is 7.13. The number of rotatable bonds is 4. The molecule has 0 fully saturated rings. The molecule has 0 aliphatic rings. The summed E-state index contributed by atoms with van der Waals surface area (Å²) in [7, 11) is 1.30. The fraction of sp³-hybridized carbons (Fsp3) is 0.133. The van der Waals surface area contributed by atoms with Gasteiger partial charge in [0.25, 0.3) is 0 Å². The topological polar surface area (TPSA) is 68.3 Å². The van der Waals surface area contributed by atoms with Gasteiger partial charge in [-0.2, -0.15) is 0 Å². The largest absolute Gasteiger partial charge is 0.465 e. The molecule has 2 aromatic rings. The van der Waals surface area contributed by atoms with Crippen LogP contribution in [0.4, 0.5) is 5.13 Å². The van der Waals surface area contributed by atoms with E-state index in [1.807, 2.05) is 6.07 Å². The normalized spacial score (nSPS) is 10.7. The number of esters is 1. The van der Waals surface area contributed by atoms with Crippen LogP contribution < -0.4 is 5.32 Å². The first kappa shape index (κ1) is 16.2. The van der Waals surface area contributed by atoms with E-state index >= 15 is 0 Å². The number of halogens is 1. The number of nitrogens with one attached hydrogen (secondary N) is 1. The molecule has 0 saturated heterocycles. The van der Waals surface area contributed by atoms with E-state index in [0.29, 0.717) is 20.7 Å². The second-order valence-electron chi connectivity index (χ2n) is 4.30. The average molecular weight is 337 g/mol. The second-order valence-corrected chi connectivity index (χ2v) is 5.74. The summed E-state index contributed by atoms with van der Waals surface area (Å²) in [5.41, 5.74) is 1.33. The minimum absolute atomic E-state index is 0.342. The van der Waals surface area contributed by atoms with Crippen LogP contribution in [-0.4, -0.2) is 24.0 Å². The molecule has 1 aromatic carbocycles. The maximum atomic E-state index is 11.9. The number of nitrogens with zero attached hydrogens (tertiary/aromatic N) is 1. The molecule has 0 unspecified atom stereocenters. The van der Waals surface area contributed by atoms with Gasteiger partial charge in [-0.1, -0.05) is 35.1 Å². The third-order valence-electron chi connectivity index (χ3n) is 2.67.